The van der Waals surface area contributed by atoms with Crippen molar-refractivity contribution in [2.45, 2.75) is 50.9 Å². The summed E-state index contributed by atoms with van der Waals surface area (Å²) < 4.78 is 4.91. The van der Waals surface area contributed by atoms with Crippen LogP contribution in [0.25, 0.3) is 17.3 Å². The number of benzene rings is 1. The van der Waals surface area contributed by atoms with Gasteiger partial charge in [-0.2, -0.15) is 0 Å². The van der Waals surface area contributed by atoms with Crippen molar-refractivity contribution in [1.82, 2.24) is 4.98 Å². The zero-order valence-corrected chi connectivity index (χ0v) is 17.5. The van der Waals surface area contributed by atoms with Crippen LogP contribution in [0.3, 0.4) is 0 Å². The van der Waals surface area contributed by atoms with E-state index in [1.165, 1.54) is 44.6 Å². The Bertz CT molecular complexity index is 941. The molecule has 2 aromatic rings. The molecule has 1 heterocycles. The van der Waals surface area contributed by atoms with Gasteiger partial charge in [-0.1, -0.05) is 6.07 Å². The zero-order valence-electron chi connectivity index (χ0n) is 17.5. The molecule has 0 amide bonds. The van der Waals surface area contributed by atoms with Gasteiger partial charge >= 0.3 is 5.97 Å². The van der Waals surface area contributed by atoms with Gasteiger partial charge in [0.25, 0.3) is 0 Å². The Labute approximate surface area is 178 Å². The highest BCUT2D eigenvalue weighted by molar-refractivity contribution is 5.87. The second kappa shape index (κ2) is 7.57. The number of esters is 1. The van der Waals surface area contributed by atoms with Crippen molar-refractivity contribution in [2.24, 2.45) is 17.8 Å². The third-order valence-electron chi connectivity index (χ3n) is 7.39. The molecule has 30 heavy (non-hydrogen) atoms. The molecule has 1 aromatic heterocycles. The average Bonchev–Trinajstić information content (AvgIpc) is 2.72. The molecule has 4 nitrogen and oxygen atoms in total. The van der Waals surface area contributed by atoms with Crippen molar-refractivity contribution in [1.29, 1.82) is 0 Å². The number of carbonyl (C=O) groups is 1. The highest BCUT2D eigenvalue weighted by atomic mass is 16.5. The molecule has 4 aliphatic rings. The first-order valence-electron chi connectivity index (χ1n) is 11.2. The van der Waals surface area contributed by atoms with Gasteiger partial charge in [-0.25, -0.2) is 4.79 Å². The fourth-order valence-corrected chi connectivity index (χ4v) is 6.59. The molecular weight excluding hydrogens is 374 g/mol. The lowest BCUT2D eigenvalue weighted by atomic mass is 9.48. The Morgan fingerprint density at radius 1 is 1.13 bits per heavy atom. The molecule has 0 spiro atoms. The molecule has 4 heteroatoms. The van der Waals surface area contributed by atoms with Gasteiger partial charge in [-0.05, 0) is 105 Å². The largest absolute Gasteiger partial charge is 0.508 e. The van der Waals surface area contributed by atoms with E-state index < -0.39 is 0 Å². The number of carbonyl (C=O) groups excluding carboxylic acids is 1. The Balaban J connectivity index is 1.41. The summed E-state index contributed by atoms with van der Waals surface area (Å²) in [4.78, 5) is 16.1. The van der Waals surface area contributed by atoms with Crippen molar-refractivity contribution in [3.63, 3.8) is 0 Å². The number of phenolic OH excluding ortho intramolecular Hbond substituents is 1. The molecule has 156 valence electrons. The molecule has 4 aliphatic carbocycles. The summed E-state index contributed by atoms with van der Waals surface area (Å²) in [5, 5.41) is 10.8. The van der Waals surface area contributed by atoms with Gasteiger partial charge in [-0.3, -0.25) is 4.98 Å². The summed E-state index contributed by atoms with van der Waals surface area (Å²) >= 11 is 0. The van der Waals surface area contributed by atoms with Gasteiger partial charge in [0, 0.05) is 23.4 Å². The molecule has 4 fully saturated rings. The summed E-state index contributed by atoms with van der Waals surface area (Å²) in [5.74, 6) is 2.60. The monoisotopic (exact) mass is 403 g/mol. The number of phenols is 1. The molecule has 4 bridgehead atoms. The topological polar surface area (TPSA) is 59.4 Å². The summed E-state index contributed by atoms with van der Waals surface area (Å²) in [6.07, 6.45) is 12.7. The van der Waals surface area contributed by atoms with E-state index in [0.717, 1.165) is 40.1 Å². The summed E-state index contributed by atoms with van der Waals surface area (Å²) in [7, 11) is 0. The fourth-order valence-electron chi connectivity index (χ4n) is 6.59. The molecule has 0 saturated heterocycles. The molecule has 1 aromatic carbocycles. The van der Waals surface area contributed by atoms with E-state index in [9.17, 15) is 9.90 Å². The lowest BCUT2D eigenvalue weighted by Crippen LogP contribution is -2.48. The normalized spacial score (nSPS) is 29.4. The van der Waals surface area contributed by atoms with Gasteiger partial charge in [-0.15, -0.1) is 0 Å². The molecule has 6 rings (SSSR count). The lowest BCUT2D eigenvalue weighted by Gasteiger charge is -2.57. The van der Waals surface area contributed by atoms with Gasteiger partial charge in [0.05, 0.1) is 12.3 Å². The summed E-state index contributed by atoms with van der Waals surface area (Å²) in [6.45, 7) is 2.16. The van der Waals surface area contributed by atoms with Crippen molar-refractivity contribution < 1.29 is 14.6 Å². The Morgan fingerprint density at radius 3 is 2.43 bits per heavy atom. The van der Waals surface area contributed by atoms with Crippen LogP contribution < -0.4 is 0 Å². The first-order valence-corrected chi connectivity index (χ1v) is 11.2. The third kappa shape index (κ3) is 3.53. The van der Waals surface area contributed by atoms with Crippen LogP contribution in [0.2, 0.25) is 0 Å². The first kappa shape index (κ1) is 19.3. The summed E-state index contributed by atoms with van der Waals surface area (Å²) in [5.41, 5.74) is 4.06. The van der Waals surface area contributed by atoms with E-state index in [2.05, 4.69) is 11.1 Å². The number of rotatable bonds is 5. The number of hydrogen-bond acceptors (Lipinski definition) is 4. The number of aromatic hydroxyl groups is 1. The minimum atomic E-state index is -0.347. The van der Waals surface area contributed by atoms with E-state index in [-0.39, 0.29) is 11.4 Å². The Hall–Kier alpha value is -2.62. The average molecular weight is 404 g/mol. The third-order valence-corrected chi connectivity index (χ3v) is 7.39. The molecular formula is C26H29NO3. The van der Waals surface area contributed by atoms with Gasteiger partial charge in [0.15, 0.2) is 0 Å². The van der Waals surface area contributed by atoms with E-state index in [1.54, 1.807) is 19.2 Å². The molecule has 1 N–H and O–H groups in total. The Kier molecular flexibility index (Phi) is 4.88. The molecule has 0 unspecified atom stereocenters. The predicted molar refractivity (Wildman–Crippen MR) is 117 cm³/mol. The van der Waals surface area contributed by atoms with Crippen molar-refractivity contribution in [2.75, 3.05) is 6.61 Å². The summed E-state index contributed by atoms with van der Waals surface area (Å²) in [6, 6.07) is 9.91. The molecule has 0 radical (unpaired) electrons. The van der Waals surface area contributed by atoms with E-state index >= 15 is 0 Å². The number of nitrogens with zero attached hydrogens (tertiary/aromatic N) is 1. The van der Waals surface area contributed by atoms with Crippen LogP contribution in [0.15, 0.2) is 42.6 Å². The second-order valence-corrected chi connectivity index (χ2v) is 9.49. The van der Waals surface area contributed by atoms with Crippen LogP contribution in [-0.4, -0.2) is 22.7 Å². The second-order valence-electron chi connectivity index (χ2n) is 9.49. The highest BCUT2D eigenvalue weighted by Gasteiger charge is 2.52. The van der Waals surface area contributed by atoms with Gasteiger partial charge < -0.3 is 9.84 Å². The first-order chi connectivity index (χ1) is 14.5. The van der Waals surface area contributed by atoms with Gasteiger partial charge in [0.1, 0.15) is 5.75 Å². The van der Waals surface area contributed by atoms with Crippen LogP contribution in [0.5, 0.6) is 5.75 Å². The predicted octanol–water partition coefficient (Wildman–Crippen LogP) is 5.50. The number of pyridine rings is 1. The van der Waals surface area contributed by atoms with Gasteiger partial charge in [0.2, 0.25) is 0 Å². The Morgan fingerprint density at radius 2 is 1.83 bits per heavy atom. The van der Waals surface area contributed by atoms with Crippen LogP contribution >= 0.6 is 0 Å². The fraction of sp³-hybridized carbons (Fsp3) is 0.462. The minimum absolute atomic E-state index is 0.150. The van der Waals surface area contributed by atoms with Crippen molar-refractivity contribution in [3.05, 3.63) is 53.7 Å². The number of ether oxygens (including phenoxy) is 1. The molecule has 0 aliphatic heterocycles. The molecule has 4 saturated carbocycles. The maximum atomic E-state index is 11.5. The van der Waals surface area contributed by atoms with Crippen LogP contribution in [0, 0.1) is 17.8 Å². The SMILES string of the molecule is CCOC(=O)/C=C/c1ccc(-c2ccc(O)c(C34CC5CC(CC(C5)C3)C4)c2)nc1. The van der Waals surface area contributed by atoms with Crippen LogP contribution in [0.1, 0.15) is 56.6 Å². The smallest absolute Gasteiger partial charge is 0.330 e. The zero-order chi connectivity index (χ0) is 20.7. The number of aromatic nitrogens is 1. The van der Waals surface area contributed by atoms with E-state index in [4.69, 9.17) is 4.74 Å². The van der Waals surface area contributed by atoms with Crippen molar-refractivity contribution in [3.8, 4) is 17.0 Å². The van der Waals surface area contributed by atoms with E-state index in [1.807, 2.05) is 24.3 Å². The maximum Gasteiger partial charge on any atom is 0.330 e. The standard InChI is InChI=1S/C26H29NO3/c1-2-30-25(29)8-4-17-3-6-23(27-16-17)21-5-7-24(28)22(12-21)26-13-18-9-19(14-26)11-20(10-18)15-26/h3-8,12,16,18-20,28H,2,9-11,13-15H2,1H3/b8-4+. The van der Waals surface area contributed by atoms with Crippen LogP contribution in [0.4, 0.5) is 0 Å². The number of hydrogen-bond donors (Lipinski definition) is 1. The van der Waals surface area contributed by atoms with Crippen molar-refractivity contribution >= 4 is 12.0 Å². The van der Waals surface area contributed by atoms with Crippen LogP contribution in [-0.2, 0) is 14.9 Å². The lowest BCUT2D eigenvalue weighted by molar-refractivity contribution is -0.137. The minimum Gasteiger partial charge on any atom is -0.508 e. The van der Waals surface area contributed by atoms with E-state index in [0.29, 0.717) is 12.4 Å². The highest BCUT2D eigenvalue weighted by Crippen LogP contribution is 2.62. The maximum absolute atomic E-state index is 11.5. The quantitative estimate of drug-likeness (QED) is 0.529. The molecule has 0 atom stereocenters.